The summed E-state index contributed by atoms with van der Waals surface area (Å²) in [4.78, 5) is 4.34. The van der Waals surface area contributed by atoms with E-state index in [1.807, 2.05) is 19.1 Å². The lowest BCUT2D eigenvalue weighted by atomic mass is 9.85. The Hall–Kier alpha value is -1.56. The molecule has 15 heavy (non-hydrogen) atoms. The lowest BCUT2D eigenvalue weighted by molar-refractivity contribution is 0.333. The van der Waals surface area contributed by atoms with Crippen molar-refractivity contribution in [2.24, 2.45) is 5.92 Å². The van der Waals surface area contributed by atoms with Crippen LogP contribution >= 0.6 is 0 Å². The summed E-state index contributed by atoms with van der Waals surface area (Å²) in [5.74, 6) is 1.52. The molecule has 0 unspecified atom stereocenters. The van der Waals surface area contributed by atoms with Crippen LogP contribution in [0.4, 0.5) is 5.82 Å². The number of aromatic nitrogens is 1. The Labute approximate surface area is 90.1 Å². The molecule has 0 aliphatic heterocycles. The molecular formula is C12H15N3. The molecule has 3 nitrogen and oxygen atoms in total. The van der Waals surface area contributed by atoms with Gasteiger partial charge in [-0.15, -0.1) is 0 Å². The molecule has 1 fully saturated rings. The Morgan fingerprint density at radius 3 is 2.93 bits per heavy atom. The quantitative estimate of drug-likeness (QED) is 0.817. The first kappa shape index (κ1) is 9.97. The highest BCUT2D eigenvalue weighted by molar-refractivity contribution is 5.52. The minimum Gasteiger partial charge on any atom is -0.369 e. The number of aryl methyl sites for hydroxylation is 1. The van der Waals surface area contributed by atoms with Crippen molar-refractivity contribution in [3.63, 3.8) is 0 Å². The summed E-state index contributed by atoms with van der Waals surface area (Å²) in [6.45, 7) is 2.89. The molecule has 0 radical (unpaired) electrons. The Bertz CT molecular complexity index is 388. The number of anilines is 1. The van der Waals surface area contributed by atoms with Crippen LogP contribution in [-0.2, 0) is 0 Å². The minimum atomic E-state index is 0.639. The van der Waals surface area contributed by atoms with Crippen molar-refractivity contribution in [2.75, 3.05) is 11.9 Å². The smallest absolute Gasteiger partial charge is 0.144 e. The molecule has 1 aliphatic carbocycles. The number of pyridine rings is 1. The average molecular weight is 201 g/mol. The third-order valence-electron chi connectivity index (χ3n) is 2.94. The average Bonchev–Trinajstić information content (AvgIpc) is 2.16. The van der Waals surface area contributed by atoms with Gasteiger partial charge in [-0.05, 0) is 37.8 Å². The fraction of sp³-hybridized carbons (Fsp3) is 0.500. The van der Waals surface area contributed by atoms with Crippen molar-refractivity contribution in [3.8, 4) is 6.07 Å². The largest absolute Gasteiger partial charge is 0.369 e. The molecule has 1 aromatic heterocycles. The molecule has 1 aliphatic rings. The van der Waals surface area contributed by atoms with Crippen molar-refractivity contribution in [3.05, 3.63) is 23.4 Å². The Kier molecular flexibility index (Phi) is 2.86. The monoisotopic (exact) mass is 201 g/mol. The van der Waals surface area contributed by atoms with Crippen LogP contribution in [0.3, 0.4) is 0 Å². The van der Waals surface area contributed by atoms with Crippen LogP contribution in [0, 0.1) is 24.2 Å². The van der Waals surface area contributed by atoms with E-state index in [9.17, 15) is 0 Å². The van der Waals surface area contributed by atoms with E-state index in [0.717, 1.165) is 24.0 Å². The topological polar surface area (TPSA) is 48.7 Å². The van der Waals surface area contributed by atoms with Crippen LogP contribution in [0.2, 0.25) is 0 Å². The third kappa shape index (κ3) is 2.27. The van der Waals surface area contributed by atoms with Gasteiger partial charge in [-0.25, -0.2) is 4.98 Å². The summed E-state index contributed by atoms with van der Waals surface area (Å²) in [7, 11) is 0. The molecule has 1 N–H and O–H groups in total. The van der Waals surface area contributed by atoms with E-state index in [4.69, 9.17) is 5.26 Å². The Balaban J connectivity index is 2.05. The molecule has 1 aromatic rings. The maximum absolute atomic E-state index is 8.92. The number of nitriles is 1. The number of hydrogen-bond acceptors (Lipinski definition) is 3. The number of hydrogen-bond donors (Lipinski definition) is 1. The van der Waals surface area contributed by atoms with Gasteiger partial charge in [-0.3, -0.25) is 0 Å². The van der Waals surface area contributed by atoms with Gasteiger partial charge in [0.1, 0.15) is 11.9 Å². The van der Waals surface area contributed by atoms with Crippen molar-refractivity contribution in [2.45, 2.75) is 26.2 Å². The van der Waals surface area contributed by atoms with E-state index >= 15 is 0 Å². The molecule has 78 valence electrons. The van der Waals surface area contributed by atoms with Gasteiger partial charge in [0.15, 0.2) is 0 Å². The Morgan fingerprint density at radius 1 is 1.53 bits per heavy atom. The molecule has 2 rings (SSSR count). The fourth-order valence-corrected chi connectivity index (χ4v) is 1.72. The zero-order valence-electron chi connectivity index (χ0n) is 8.95. The SMILES string of the molecule is Cc1ccc(C#N)c(NCC2CCC2)n1. The van der Waals surface area contributed by atoms with Crippen LogP contribution < -0.4 is 5.32 Å². The molecular weight excluding hydrogens is 186 g/mol. The second-order valence-electron chi connectivity index (χ2n) is 4.14. The van der Waals surface area contributed by atoms with Crippen LogP contribution in [0.5, 0.6) is 0 Å². The molecule has 0 bridgehead atoms. The van der Waals surface area contributed by atoms with Gasteiger partial charge in [-0.2, -0.15) is 5.26 Å². The molecule has 3 heteroatoms. The Morgan fingerprint density at radius 2 is 2.33 bits per heavy atom. The summed E-state index contributed by atoms with van der Waals surface area (Å²) in [5.41, 5.74) is 1.59. The van der Waals surface area contributed by atoms with Gasteiger partial charge in [-0.1, -0.05) is 6.42 Å². The standard InChI is InChI=1S/C12H15N3/c1-9-5-6-11(7-13)12(15-9)14-8-10-3-2-4-10/h5-6,10H,2-4,8H2,1H3,(H,14,15). The first-order valence-corrected chi connectivity index (χ1v) is 5.41. The molecule has 0 saturated heterocycles. The van der Waals surface area contributed by atoms with Crippen molar-refractivity contribution in [1.82, 2.24) is 4.98 Å². The third-order valence-corrected chi connectivity index (χ3v) is 2.94. The molecule has 0 atom stereocenters. The number of nitrogens with zero attached hydrogens (tertiary/aromatic N) is 2. The van der Waals surface area contributed by atoms with E-state index in [-0.39, 0.29) is 0 Å². The summed E-state index contributed by atoms with van der Waals surface area (Å²) in [5, 5.41) is 12.2. The summed E-state index contributed by atoms with van der Waals surface area (Å²) in [6.07, 6.45) is 3.96. The van der Waals surface area contributed by atoms with Crippen molar-refractivity contribution >= 4 is 5.82 Å². The van der Waals surface area contributed by atoms with E-state index < -0.39 is 0 Å². The number of nitrogens with one attached hydrogen (secondary N) is 1. The van der Waals surface area contributed by atoms with Crippen LogP contribution in [0.25, 0.3) is 0 Å². The van der Waals surface area contributed by atoms with Crippen molar-refractivity contribution < 1.29 is 0 Å². The normalized spacial score (nSPS) is 15.5. The van der Waals surface area contributed by atoms with Gasteiger partial charge in [0.25, 0.3) is 0 Å². The first-order valence-electron chi connectivity index (χ1n) is 5.41. The molecule has 0 aromatic carbocycles. The zero-order chi connectivity index (χ0) is 10.7. The molecule has 1 heterocycles. The predicted molar refractivity (Wildman–Crippen MR) is 59.5 cm³/mol. The maximum Gasteiger partial charge on any atom is 0.144 e. The predicted octanol–water partition coefficient (Wildman–Crippen LogP) is 2.47. The second kappa shape index (κ2) is 4.31. The van der Waals surface area contributed by atoms with Gasteiger partial charge >= 0.3 is 0 Å². The summed E-state index contributed by atoms with van der Waals surface area (Å²) >= 11 is 0. The van der Waals surface area contributed by atoms with Crippen LogP contribution in [-0.4, -0.2) is 11.5 Å². The van der Waals surface area contributed by atoms with E-state index in [1.54, 1.807) is 0 Å². The van der Waals surface area contributed by atoms with E-state index in [0.29, 0.717) is 5.56 Å². The summed E-state index contributed by atoms with van der Waals surface area (Å²) < 4.78 is 0. The molecule has 0 amide bonds. The van der Waals surface area contributed by atoms with Gasteiger partial charge in [0.05, 0.1) is 5.56 Å². The maximum atomic E-state index is 8.92. The van der Waals surface area contributed by atoms with Crippen LogP contribution in [0.1, 0.15) is 30.5 Å². The van der Waals surface area contributed by atoms with Crippen molar-refractivity contribution in [1.29, 1.82) is 5.26 Å². The summed E-state index contributed by atoms with van der Waals surface area (Å²) in [6, 6.07) is 5.85. The zero-order valence-corrected chi connectivity index (χ0v) is 8.95. The van der Waals surface area contributed by atoms with Gasteiger partial charge < -0.3 is 5.32 Å². The fourth-order valence-electron chi connectivity index (χ4n) is 1.72. The highest BCUT2D eigenvalue weighted by atomic mass is 15.0. The number of rotatable bonds is 3. The minimum absolute atomic E-state index is 0.639. The van der Waals surface area contributed by atoms with E-state index in [1.165, 1.54) is 19.3 Å². The second-order valence-corrected chi connectivity index (χ2v) is 4.14. The van der Waals surface area contributed by atoms with Gasteiger partial charge in [0, 0.05) is 12.2 Å². The molecule has 0 spiro atoms. The lowest BCUT2D eigenvalue weighted by Gasteiger charge is -2.25. The van der Waals surface area contributed by atoms with E-state index in [2.05, 4.69) is 16.4 Å². The highest BCUT2D eigenvalue weighted by Gasteiger charge is 2.17. The highest BCUT2D eigenvalue weighted by Crippen LogP contribution is 2.26. The van der Waals surface area contributed by atoms with Gasteiger partial charge in [0.2, 0.25) is 0 Å². The van der Waals surface area contributed by atoms with Crippen LogP contribution in [0.15, 0.2) is 12.1 Å². The lowest BCUT2D eigenvalue weighted by Crippen LogP contribution is -2.21. The first-order chi connectivity index (χ1) is 7.29. The molecule has 1 saturated carbocycles.